The number of esters is 1. The average Bonchev–Trinajstić information content (AvgIpc) is 3.45. The summed E-state index contributed by atoms with van der Waals surface area (Å²) >= 11 is 1.37. The lowest BCUT2D eigenvalue weighted by Gasteiger charge is -2.29. The van der Waals surface area contributed by atoms with E-state index < -0.39 is 36.2 Å². The highest BCUT2D eigenvalue weighted by Gasteiger charge is 2.39. The van der Waals surface area contributed by atoms with Gasteiger partial charge in [-0.05, 0) is 19.4 Å². The highest BCUT2D eigenvalue weighted by atomic mass is 32.1. The number of carbonyl (C=O) groups is 3. The molecule has 0 atom stereocenters. The highest BCUT2D eigenvalue weighted by Crippen LogP contribution is 2.34. The summed E-state index contributed by atoms with van der Waals surface area (Å²) in [4.78, 5) is 48.0. The standard InChI is InChI=1S/C21H23F3N8O4S/c1-3-5-11-8-12-17(31-6-7-32-13(10-31)27-30-20(32)21(22,23)24)25-16(26-19(12)37-11)18(35)29-28-14(33)9-15(34)36-4-2/h8H,3-7,9-10H2,1-2H3,(H,28,33)(H,29,35). The molecule has 0 radical (unpaired) electrons. The Kier molecular flexibility index (Phi) is 7.56. The predicted octanol–water partition coefficient (Wildman–Crippen LogP) is 1.99. The summed E-state index contributed by atoms with van der Waals surface area (Å²) in [5.74, 6) is -3.21. The van der Waals surface area contributed by atoms with Crippen molar-refractivity contribution in [3.63, 3.8) is 0 Å². The zero-order valence-electron chi connectivity index (χ0n) is 19.9. The van der Waals surface area contributed by atoms with Gasteiger partial charge in [-0.25, -0.2) is 9.97 Å². The summed E-state index contributed by atoms with van der Waals surface area (Å²) in [6.07, 6.45) is -3.56. The SMILES string of the molecule is CCCc1cc2c(N3CCn4c(nnc4C(F)(F)F)C3)nc(C(=O)NNC(=O)CC(=O)OCC)nc2s1. The molecule has 37 heavy (non-hydrogen) atoms. The molecule has 0 aromatic carbocycles. The molecule has 0 fully saturated rings. The molecule has 0 saturated carbocycles. The Hall–Kier alpha value is -3.82. The first-order valence-electron chi connectivity index (χ1n) is 11.4. The van der Waals surface area contributed by atoms with Gasteiger partial charge in [0.05, 0.1) is 18.5 Å². The Morgan fingerprint density at radius 2 is 1.92 bits per heavy atom. The number of hydrazine groups is 1. The van der Waals surface area contributed by atoms with Gasteiger partial charge in [0.2, 0.25) is 17.6 Å². The number of anilines is 1. The van der Waals surface area contributed by atoms with Crippen LogP contribution < -0.4 is 15.8 Å². The monoisotopic (exact) mass is 540 g/mol. The van der Waals surface area contributed by atoms with E-state index in [0.29, 0.717) is 16.0 Å². The lowest BCUT2D eigenvalue weighted by molar-refractivity contribution is -0.148. The molecule has 0 bridgehead atoms. The summed E-state index contributed by atoms with van der Waals surface area (Å²) in [5, 5.41) is 7.66. The van der Waals surface area contributed by atoms with Gasteiger partial charge in [-0.15, -0.1) is 21.5 Å². The molecular formula is C21H23F3N8O4S. The molecule has 0 spiro atoms. The molecule has 0 aliphatic carbocycles. The first kappa shape index (κ1) is 26.2. The fourth-order valence-electron chi connectivity index (χ4n) is 3.79. The van der Waals surface area contributed by atoms with Crippen LogP contribution in [0.5, 0.6) is 0 Å². The number of carbonyl (C=O) groups excluding carboxylic acids is 3. The Bertz CT molecular complexity index is 1340. The summed E-state index contributed by atoms with van der Waals surface area (Å²) < 4.78 is 45.4. The van der Waals surface area contributed by atoms with Crippen molar-refractivity contribution >= 4 is 45.2 Å². The van der Waals surface area contributed by atoms with E-state index in [0.717, 1.165) is 22.3 Å². The second kappa shape index (κ2) is 10.7. The van der Waals surface area contributed by atoms with Gasteiger partial charge < -0.3 is 14.2 Å². The van der Waals surface area contributed by atoms with Gasteiger partial charge in [0.15, 0.2) is 5.82 Å². The Balaban J connectivity index is 1.60. The van der Waals surface area contributed by atoms with Crippen molar-refractivity contribution in [2.75, 3.05) is 18.1 Å². The largest absolute Gasteiger partial charge is 0.466 e. The first-order chi connectivity index (χ1) is 17.6. The predicted molar refractivity (Wildman–Crippen MR) is 124 cm³/mol. The number of halogens is 3. The van der Waals surface area contributed by atoms with E-state index in [4.69, 9.17) is 0 Å². The number of thiophene rings is 1. The van der Waals surface area contributed by atoms with Crippen LogP contribution in [-0.2, 0) is 40.0 Å². The van der Waals surface area contributed by atoms with Crippen molar-refractivity contribution < 1.29 is 32.3 Å². The molecule has 2 amide bonds. The topological polar surface area (TPSA) is 144 Å². The van der Waals surface area contributed by atoms with Crippen LogP contribution in [0.25, 0.3) is 10.2 Å². The Morgan fingerprint density at radius 3 is 2.62 bits per heavy atom. The van der Waals surface area contributed by atoms with E-state index >= 15 is 0 Å². The van der Waals surface area contributed by atoms with Crippen molar-refractivity contribution in [3.8, 4) is 0 Å². The van der Waals surface area contributed by atoms with Crippen molar-refractivity contribution in [2.24, 2.45) is 0 Å². The zero-order chi connectivity index (χ0) is 26.7. The van der Waals surface area contributed by atoms with Crippen molar-refractivity contribution in [3.05, 3.63) is 28.4 Å². The number of rotatable bonds is 7. The molecule has 4 heterocycles. The lowest BCUT2D eigenvalue weighted by Crippen LogP contribution is -2.43. The lowest BCUT2D eigenvalue weighted by atomic mass is 10.2. The normalized spacial score (nSPS) is 13.4. The van der Waals surface area contributed by atoms with Gasteiger partial charge in [-0.3, -0.25) is 25.2 Å². The van der Waals surface area contributed by atoms with Gasteiger partial charge in [-0.2, -0.15) is 13.2 Å². The minimum Gasteiger partial charge on any atom is -0.466 e. The smallest absolute Gasteiger partial charge is 0.451 e. The summed E-state index contributed by atoms with van der Waals surface area (Å²) in [5.41, 5.74) is 4.29. The molecule has 0 unspecified atom stereocenters. The minimum absolute atomic E-state index is 0.00845. The molecule has 1 aliphatic heterocycles. The van der Waals surface area contributed by atoms with Gasteiger partial charge in [0.1, 0.15) is 17.1 Å². The van der Waals surface area contributed by atoms with E-state index in [2.05, 4.69) is 35.8 Å². The second-order valence-corrected chi connectivity index (χ2v) is 9.16. The van der Waals surface area contributed by atoms with Crippen LogP contribution in [0.2, 0.25) is 0 Å². The number of nitrogens with one attached hydrogen (secondary N) is 2. The number of amides is 2. The molecule has 3 aromatic rings. The van der Waals surface area contributed by atoms with E-state index in [1.54, 1.807) is 11.8 Å². The number of aryl methyl sites for hydroxylation is 1. The maximum Gasteiger partial charge on any atom is 0.451 e. The number of nitrogens with zero attached hydrogens (tertiary/aromatic N) is 6. The van der Waals surface area contributed by atoms with Crippen LogP contribution in [0.4, 0.5) is 19.0 Å². The van der Waals surface area contributed by atoms with Crippen molar-refractivity contribution in [1.29, 1.82) is 0 Å². The average molecular weight is 541 g/mol. The van der Waals surface area contributed by atoms with E-state index in [1.807, 2.05) is 13.0 Å². The number of fused-ring (bicyclic) bond motifs is 2. The number of ether oxygens (including phenoxy) is 1. The van der Waals surface area contributed by atoms with Gasteiger partial charge in [0.25, 0.3) is 0 Å². The molecule has 1 aliphatic rings. The molecule has 12 nitrogen and oxygen atoms in total. The van der Waals surface area contributed by atoms with E-state index in [1.165, 1.54) is 11.3 Å². The number of aromatic nitrogens is 5. The zero-order valence-corrected chi connectivity index (χ0v) is 20.7. The van der Waals surface area contributed by atoms with E-state index in [-0.39, 0.29) is 37.9 Å². The Labute approximate surface area is 212 Å². The third-order valence-corrected chi connectivity index (χ3v) is 6.44. The summed E-state index contributed by atoms with van der Waals surface area (Å²) in [6.45, 7) is 3.85. The minimum atomic E-state index is -4.62. The van der Waals surface area contributed by atoms with E-state index in [9.17, 15) is 27.6 Å². The van der Waals surface area contributed by atoms with Crippen molar-refractivity contribution in [2.45, 2.75) is 52.4 Å². The Morgan fingerprint density at radius 1 is 1.14 bits per heavy atom. The molecule has 0 saturated heterocycles. The fourth-order valence-corrected chi connectivity index (χ4v) is 4.91. The maximum atomic E-state index is 13.2. The summed E-state index contributed by atoms with van der Waals surface area (Å²) in [7, 11) is 0. The van der Waals surface area contributed by atoms with Crippen molar-refractivity contribution in [1.82, 2.24) is 35.6 Å². The van der Waals surface area contributed by atoms with Crippen LogP contribution >= 0.6 is 11.3 Å². The molecular weight excluding hydrogens is 517 g/mol. The number of hydrogen-bond donors (Lipinski definition) is 2. The summed E-state index contributed by atoms with van der Waals surface area (Å²) in [6, 6.07) is 1.90. The molecule has 2 N–H and O–H groups in total. The number of alkyl halides is 3. The first-order valence-corrected chi connectivity index (χ1v) is 12.2. The highest BCUT2D eigenvalue weighted by molar-refractivity contribution is 7.18. The third kappa shape index (κ3) is 5.79. The maximum absolute atomic E-state index is 13.2. The van der Waals surface area contributed by atoms with Crippen LogP contribution in [0.3, 0.4) is 0 Å². The van der Waals surface area contributed by atoms with Crippen LogP contribution in [0.15, 0.2) is 6.07 Å². The second-order valence-electron chi connectivity index (χ2n) is 8.05. The van der Waals surface area contributed by atoms with Gasteiger partial charge >= 0.3 is 18.1 Å². The molecule has 3 aromatic heterocycles. The van der Waals surface area contributed by atoms with Gasteiger partial charge in [0, 0.05) is 18.0 Å². The van der Waals surface area contributed by atoms with Crippen LogP contribution in [0, 0.1) is 0 Å². The molecule has 16 heteroatoms. The molecule has 4 rings (SSSR count). The van der Waals surface area contributed by atoms with Crippen LogP contribution in [-0.4, -0.2) is 55.7 Å². The number of hydrogen-bond acceptors (Lipinski definition) is 10. The van der Waals surface area contributed by atoms with Gasteiger partial charge in [-0.1, -0.05) is 13.3 Å². The van der Waals surface area contributed by atoms with Crippen LogP contribution in [0.1, 0.15) is 53.8 Å². The quantitative estimate of drug-likeness (QED) is 0.261. The molecule has 198 valence electrons. The third-order valence-electron chi connectivity index (χ3n) is 5.36. The fraction of sp³-hybridized carbons (Fsp3) is 0.476.